The van der Waals surface area contributed by atoms with E-state index in [2.05, 4.69) is 16.9 Å². The number of esters is 2. The van der Waals surface area contributed by atoms with Gasteiger partial charge in [0.15, 0.2) is 5.82 Å². The molecule has 1 aromatic heterocycles. The molecule has 0 bridgehead atoms. The van der Waals surface area contributed by atoms with Gasteiger partial charge in [-0.15, -0.1) is 0 Å². The Morgan fingerprint density at radius 2 is 1.26 bits per heavy atom. The molecule has 46 heavy (non-hydrogen) atoms. The predicted octanol–water partition coefficient (Wildman–Crippen LogP) is 9.28. The molecule has 0 aliphatic carbocycles. The summed E-state index contributed by atoms with van der Waals surface area (Å²) in [7, 11) is 0. The summed E-state index contributed by atoms with van der Waals surface area (Å²) in [5.74, 6) is 0.445. The van der Waals surface area contributed by atoms with E-state index in [4.69, 9.17) is 14.2 Å². The van der Waals surface area contributed by atoms with Crippen LogP contribution in [-0.4, -0.2) is 34.9 Å². The number of hydrogen-bond donors (Lipinski definition) is 1. The van der Waals surface area contributed by atoms with E-state index in [1.165, 1.54) is 87.9 Å². The van der Waals surface area contributed by atoms with Crippen LogP contribution in [0, 0.1) is 0 Å². The first-order chi connectivity index (χ1) is 22.5. The molecule has 0 spiro atoms. The molecule has 1 heterocycles. The Bertz CT molecular complexity index is 1540. The highest BCUT2D eigenvalue weighted by atomic mass is 16.5. The molecule has 4 aromatic rings. The van der Waals surface area contributed by atoms with Crippen LogP contribution in [0.3, 0.4) is 0 Å². The van der Waals surface area contributed by atoms with Crippen LogP contribution in [0.5, 0.6) is 23.0 Å². The number of ether oxygens (including phenoxy) is 3. The standard InChI is InChI=1S/C38H42N2O6/c1-2-3-4-5-6-7-8-9-10-13-26-44-32-20-15-29(16-21-32)37(42)45-33-22-17-30(18-23-33)38(43)46-34-24-19-31(35(41)27-34)28-40-36-14-11-12-25-39-36/h11-12,14-25,27-28,41H,2-10,13,26H2,1H3/b40-28+. The van der Waals surface area contributed by atoms with Gasteiger partial charge in [0.05, 0.1) is 17.7 Å². The Balaban J connectivity index is 1.17. The molecule has 0 saturated carbocycles. The summed E-state index contributed by atoms with van der Waals surface area (Å²) in [6.45, 7) is 2.90. The molecule has 8 heteroatoms. The van der Waals surface area contributed by atoms with E-state index >= 15 is 0 Å². The van der Waals surface area contributed by atoms with Gasteiger partial charge < -0.3 is 19.3 Å². The summed E-state index contributed by atoms with van der Waals surface area (Å²) in [5, 5.41) is 10.3. The minimum atomic E-state index is -0.624. The topological polar surface area (TPSA) is 107 Å². The van der Waals surface area contributed by atoms with Crippen LogP contribution < -0.4 is 14.2 Å². The fourth-order valence-electron chi connectivity index (χ4n) is 4.72. The van der Waals surface area contributed by atoms with Gasteiger partial charge in [0.1, 0.15) is 23.0 Å². The molecule has 240 valence electrons. The third kappa shape index (κ3) is 11.5. The second-order valence-corrected chi connectivity index (χ2v) is 11.0. The van der Waals surface area contributed by atoms with Crippen LogP contribution in [0.15, 0.2) is 96.1 Å². The number of hydrogen-bond acceptors (Lipinski definition) is 8. The van der Waals surface area contributed by atoms with Gasteiger partial charge in [0, 0.05) is 24.0 Å². The number of carbonyl (C=O) groups is 2. The van der Waals surface area contributed by atoms with Gasteiger partial charge in [-0.2, -0.15) is 0 Å². The quantitative estimate of drug-likeness (QED) is 0.0510. The number of rotatable bonds is 18. The maximum atomic E-state index is 12.6. The summed E-state index contributed by atoms with van der Waals surface area (Å²) in [6, 6.07) is 22.7. The first kappa shape index (κ1) is 33.9. The lowest BCUT2D eigenvalue weighted by Gasteiger charge is -2.09. The molecular formula is C38H42N2O6. The Hall–Kier alpha value is -4.98. The molecule has 0 fully saturated rings. The van der Waals surface area contributed by atoms with Gasteiger partial charge in [-0.1, -0.05) is 70.8 Å². The van der Waals surface area contributed by atoms with Crippen molar-refractivity contribution in [2.75, 3.05) is 6.61 Å². The molecule has 0 atom stereocenters. The summed E-state index contributed by atoms with van der Waals surface area (Å²) < 4.78 is 16.7. The van der Waals surface area contributed by atoms with Crippen molar-refractivity contribution in [3.05, 3.63) is 108 Å². The van der Waals surface area contributed by atoms with Crippen molar-refractivity contribution in [1.82, 2.24) is 4.98 Å². The summed E-state index contributed by atoms with van der Waals surface area (Å²) >= 11 is 0. The lowest BCUT2D eigenvalue weighted by Crippen LogP contribution is -2.10. The highest BCUT2D eigenvalue weighted by Gasteiger charge is 2.13. The molecule has 0 aliphatic rings. The summed E-state index contributed by atoms with van der Waals surface area (Å²) in [6.07, 6.45) is 15.9. The molecule has 3 aromatic carbocycles. The number of nitrogens with zero attached hydrogens (tertiary/aromatic N) is 2. The normalized spacial score (nSPS) is 11.0. The molecule has 0 aliphatic heterocycles. The highest BCUT2D eigenvalue weighted by Crippen LogP contribution is 2.24. The van der Waals surface area contributed by atoms with Gasteiger partial charge in [0.2, 0.25) is 0 Å². The average Bonchev–Trinajstić information content (AvgIpc) is 3.08. The Morgan fingerprint density at radius 1 is 0.696 bits per heavy atom. The Kier molecular flexibility index (Phi) is 13.8. The summed E-state index contributed by atoms with van der Waals surface area (Å²) in [5.41, 5.74) is 1.09. The predicted molar refractivity (Wildman–Crippen MR) is 180 cm³/mol. The van der Waals surface area contributed by atoms with Gasteiger partial charge in [-0.05, 0) is 79.2 Å². The van der Waals surface area contributed by atoms with Crippen molar-refractivity contribution >= 4 is 24.0 Å². The minimum absolute atomic E-state index is 0.0964. The van der Waals surface area contributed by atoms with Crippen molar-refractivity contribution in [3.8, 4) is 23.0 Å². The van der Waals surface area contributed by atoms with Crippen molar-refractivity contribution in [1.29, 1.82) is 0 Å². The van der Waals surface area contributed by atoms with Crippen LogP contribution in [0.1, 0.15) is 97.4 Å². The minimum Gasteiger partial charge on any atom is -0.507 e. The van der Waals surface area contributed by atoms with Gasteiger partial charge in [-0.25, -0.2) is 19.6 Å². The third-order valence-corrected chi connectivity index (χ3v) is 7.35. The van der Waals surface area contributed by atoms with E-state index in [1.807, 2.05) is 6.07 Å². The first-order valence-corrected chi connectivity index (χ1v) is 16.1. The monoisotopic (exact) mass is 622 g/mol. The Morgan fingerprint density at radius 3 is 1.85 bits per heavy atom. The SMILES string of the molecule is CCCCCCCCCCCCOc1ccc(C(=O)Oc2ccc(C(=O)Oc3ccc(/C=N/c4ccccn4)c(O)c3)cc2)cc1. The number of benzene rings is 3. The largest absolute Gasteiger partial charge is 0.507 e. The number of pyridine rings is 1. The van der Waals surface area contributed by atoms with E-state index in [1.54, 1.807) is 54.7 Å². The van der Waals surface area contributed by atoms with Gasteiger partial charge >= 0.3 is 11.9 Å². The molecular weight excluding hydrogens is 580 g/mol. The zero-order valence-electron chi connectivity index (χ0n) is 26.4. The second kappa shape index (κ2) is 18.7. The van der Waals surface area contributed by atoms with Crippen molar-refractivity contribution in [3.63, 3.8) is 0 Å². The van der Waals surface area contributed by atoms with Crippen molar-refractivity contribution in [2.45, 2.75) is 71.1 Å². The van der Waals surface area contributed by atoms with Crippen LogP contribution in [-0.2, 0) is 0 Å². The maximum Gasteiger partial charge on any atom is 0.343 e. The molecule has 4 rings (SSSR count). The number of aromatic nitrogens is 1. The first-order valence-electron chi connectivity index (χ1n) is 16.1. The van der Waals surface area contributed by atoms with E-state index in [-0.39, 0.29) is 22.8 Å². The van der Waals surface area contributed by atoms with Gasteiger partial charge in [0.25, 0.3) is 0 Å². The van der Waals surface area contributed by atoms with E-state index < -0.39 is 11.9 Å². The molecule has 0 unspecified atom stereocenters. The van der Waals surface area contributed by atoms with E-state index in [9.17, 15) is 14.7 Å². The molecule has 0 saturated heterocycles. The third-order valence-electron chi connectivity index (χ3n) is 7.35. The van der Waals surface area contributed by atoms with Crippen molar-refractivity contribution in [2.24, 2.45) is 4.99 Å². The zero-order chi connectivity index (χ0) is 32.4. The number of aromatic hydroxyl groups is 1. The van der Waals surface area contributed by atoms with Gasteiger partial charge in [-0.3, -0.25) is 0 Å². The number of unbranched alkanes of at least 4 members (excludes halogenated alkanes) is 9. The molecule has 0 radical (unpaired) electrons. The highest BCUT2D eigenvalue weighted by molar-refractivity contribution is 5.93. The average molecular weight is 623 g/mol. The number of carbonyl (C=O) groups excluding carboxylic acids is 2. The molecule has 1 N–H and O–H groups in total. The maximum absolute atomic E-state index is 12.6. The number of phenols is 1. The molecule has 8 nitrogen and oxygen atoms in total. The lowest BCUT2D eigenvalue weighted by molar-refractivity contribution is 0.0730. The van der Waals surface area contributed by atoms with Crippen LogP contribution in [0.2, 0.25) is 0 Å². The number of aliphatic imine (C=N–C) groups is 1. The van der Waals surface area contributed by atoms with E-state index in [0.717, 1.165) is 18.6 Å². The summed E-state index contributed by atoms with van der Waals surface area (Å²) in [4.78, 5) is 33.6. The molecule has 0 amide bonds. The van der Waals surface area contributed by atoms with Crippen LogP contribution >= 0.6 is 0 Å². The fourth-order valence-corrected chi connectivity index (χ4v) is 4.72. The van der Waals surface area contributed by atoms with Crippen molar-refractivity contribution < 1.29 is 28.9 Å². The van der Waals surface area contributed by atoms with Crippen LogP contribution in [0.4, 0.5) is 5.82 Å². The van der Waals surface area contributed by atoms with Crippen LogP contribution in [0.25, 0.3) is 0 Å². The van der Waals surface area contributed by atoms with E-state index in [0.29, 0.717) is 23.6 Å². The second-order valence-electron chi connectivity index (χ2n) is 11.0. The smallest absolute Gasteiger partial charge is 0.343 e. The fraction of sp³-hybridized carbons (Fsp3) is 0.316. The lowest BCUT2D eigenvalue weighted by atomic mass is 10.1. The zero-order valence-corrected chi connectivity index (χ0v) is 26.4. The Labute approximate surface area is 271 Å². The number of phenolic OH excluding ortho intramolecular Hbond substituents is 1.